The summed E-state index contributed by atoms with van der Waals surface area (Å²) in [5.41, 5.74) is 6.11. The lowest BCUT2D eigenvalue weighted by molar-refractivity contribution is 0.191. The normalized spacial score (nSPS) is 21.4. The maximum absolute atomic E-state index is 3.46. The molecule has 0 aromatic heterocycles. The van der Waals surface area contributed by atoms with E-state index in [4.69, 9.17) is 0 Å². The molecule has 0 bridgehead atoms. The van der Waals surface area contributed by atoms with Gasteiger partial charge in [0.05, 0.1) is 0 Å². The van der Waals surface area contributed by atoms with Gasteiger partial charge in [-0.3, -0.25) is 4.90 Å². The molecule has 0 amide bonds. The van der Waals surface area contributed by atoms with E-state index in [1.807, 2.05) is 0 Å². The summed E-state index contributed by atoms with van der Waals surface area (Å²) in [6, 6.07) is 4.73. The second-order valence-electron chi connectivity index (χ2n) is 6.40. The smallest absolute Gasteiger partial charge is 0.0236 e. The van der Waals surface area contributed by atoms with Crippen molar-refractivity contribution in [3.63, 3.8) is 0 Å². The first-order valence-electron chi connectivity index (χ1n) is 7.74. The van der Waals surface area contributed by atoms with Gasteiger partial charge in [-0.25, -0.2) is 0 Å². The number of fused-ring (bicyclic) bond motifs is 1. The molecule has 0 atom stereocenters. The fourth-order valence-electron chi connectivity index (χ4n) is 3.76. The highest BCUT2D eigenvalue weighted by Gasteiger charge is 2.21. The maximum atomic E-state index is 3.46. The fourth-order valence-corrected chi connectivity index (χ4v) is 3.76. The predicted octanol–water partition coefficient (Wildman–Crippen LogP) is 2.66. The van der Waals surface area contributed by atoms with Gasteiger partial charge in [-0.2, -0.15) is 0 Å². The van der Waals surface area contributed by atoms with Gasteiger partial charge in [0.1, 0.15) is 0 Å². The molecule has 3 rings (SSSR count). The molecule has 1 saturated heterocycles. The van der Waals surface area contributed by atoms with Crippen LogP contribution in [0, 0.1) is 19.8 Å². The average Bonchev–Trinajstić information content (AvgIpc) is 2.39. The van der Waals surface area contributed by atoms with E-state index in [1.54, 1.807) is 11.1 Å². The SMILES string of the molecule is Cc1cc(C)c2c(c1)CN(CC1CCNCC1)CC2. The summed E-state index contributed by atoms with van der Waals surface area (Å²) in [4.78, 5) is 2.68. The van der Waals surface area contributed by atoms with Crippen molar-refractivity contribution in [1.82, 2.24) is 10.2 Å². The highest BCUT2D eigenvalue weighted by atomic mass is 15.1. The second kappa shape index (κ2) is 5.64. The van der Waals surface area contributed by atoms with E-state index in [1.165, 1.54) is 63.1 Å². The number of hydrogen-bond acceptors (Lipinski definition) is 2. The lowest BCUT2D eigenvalue weighted by Crippen LogP contribution is -2.38. The zero-order valence-electron chi connectivity index (χ0n) is 12.3. The topological polar surface area (TPSA) is 15.3 Å². The molecule has 2 aliphatic rings. The van der Waals surface area contributed by atoms with Crippen LogP contribution in [0.4, 0.5) is 0 Å². The Morgan fingerprint density at radius 1 is 1.21 bits per heavy atom. The van der Waals surface area contributed by atoms with Crippen LogP contribution in [0.1, 0.15) is 35.1 Å². The van der Waals surface area contributed by atoms with Crippen molar-refractivity contribution in [3.05, 3.63) is 34.4 Å². The number of nitrogens with zero attached hydrogens (tertiary/aromatic N) is 1. The first-order chi connectivity index (χ1) is 9.22. The zero-order valence-corrected chi connectivity index (χ0v) is 12.3. The highest BCUT2D eigenvalue weighted by Crippen LogP contribution is 2.25. The Kier molecular flexibility index (Phi) is 3.90. The molecule has 0 spiro atoms. The number of piperidine rings is 1. The predicted molar refractivity (Wildman–Crippen MR) is 80.5 cm³/mol. The van der Waals surface area contributed by atoms with Gasteiger partial charge in [-0.05, 0) is 68.8 Å². The van der Waals surface area contributed by atoms with Crippen molar-refractivity contribution in [2.75, 3.05) is 26.2 Å². The lowest BCUT2D eigenvalue weighted by atomic mass is 9.91. The van der Waals surface area contributed by atoms with Gasteiger partial charge in [-0.1, -0.05) is 17.7 Å². The summed E-state index contributed by atoms with van der Waals surface area (Å²) in [6.07, 6.45) is 3.96. The van der Waals surface area contributed by atoms with Crippen LogP contribution < -0.4 is 5.32 Å². The molecule has 2 heteroatoms. The van der Waals surface area contributed by atoms with E-state index >= 15 is 0 Å². The minimum Gasteiger partial charge on any atom is -0.317 e. The van der Waals surface area contributed by atoms with Crippen LogP contribution >= 0.6 is 0 Å². The molecule has 19 heavy (non-hydrogen) atoms. The number of hydrogen-bond donors (Lipinski definition) is 1. The van der Waals surface area contributed by atoms with E-state index in [-0.39, 0.29) is 0 Å². The number of aryl methyl sites for hydroxylation is 2. The maximum Gasteiger partial charge on any atom is 0.0236 e. The van der Waals surface area contributed by atoms with Crippen LogP contribution in [-0.4, -0.2) is 31.1 Å². The third-order valence-electron chi connectivity index (χ3n) is 4.76. The van der Waals surface area contributed by atoms with Gasteiger partial charge in [-0.15, -0.1) is 0 Å². The quantitative estimate of drug-likeness (QED) is 0.877. The molecule has 1 aromatic carbocycles. The molecule has 2 nitrogen and oxygen atoms in total. The summed E-state index contributed by atoms with van der Waals surface area (Å²) >= 11 is 0. The summed E-state index contributed by atoms with van der Waals surface area (Å²) in [5, 5.41) is 3.46. The van der Waals surface area contributed by atoms with Crippen molar-refractivity contribution >= 4 is 0 Å². The van der Waals surface area contributed by atoms with E-state index in [0.717, 1.165) is 5.92 Å². The minimum atomic E-state index is 0.911. The molecule has 0 unspecified atom stereocenters. The van der Waals surface area contributed by atoms with Crippen LogP contribution in [-0.2, 0) is 13.0 Å². The van der Waals surface area contributed by atoms with E-state index in [2.05, 4.69) is 36.2 Å². The van der Waals surface area contributed by atoms with E-state index in [9.17, 15) is 0 Å². The number of rotatable bonds is 2. The highest BCUT2D eigenvalue weighted by molar-refractivity contribution is 5.39. The van der Waals surface area contributed by atoms with Gasteiger partial charge in [0.2, 0.25) is 0 Å². The Hall–Kier alpha value is -0.860. The molecule has 0 aliphatic carbocycles. The molecule has 1 aromatic rings. The Morgan fingerprint density at radius 2 is 2.00 bits per heavy atom. The Morgan fingerprint density at radius 3 is 2.79 bits per heavy atom. The molecular weight excluding hydrogens is 232 g/mol. The van der Waals surface area contributed by atoms with Crippen LogP contribution in [0.25, 0.3) is 0 Å². The largest absolute Gasteiger partial charge is 0.317 e. The van der Waals surface area contributed by atoms with Crippen LogP contribution in [0.15, 0.2) is 12.1 Å². The van der Waals surface area contributed by atoms with Crippen molar-refractivity contribution < 1.29 is 0 Å². The van der Waals surface area contributed by atoms with Crippen LogP contribution in [0.2, 0.25) is 0 Å². The standard InChI is InChI=1S/C17H26N2/c1-13-9-14(2)17-5-8-19(12-16(17)10-13)11-15-3-6-18-7-4-15/h9-10,15,18H,3-8,11-12H2,1-2H3. The summed E-state index contributed by atoms with van der Waals surface area (Å²) in [6.45, 7) is 10.6. The summed E-state index contributed by atoms with van der Waals surface area (Å²) in [5.74, 6) is 0.911. The monoisotopic (exact) mass is 258 g/mol. The molecule has 2 heterocycles. The van der Waals surface area contributed by atoms with Gasteiger partial charge >= 0.3 is 0 Å². The van der Waals surface area contributed by atoms with Crippen LogP contribution in [0.5, 0.6) is 0 Å². The molecule has 1 fully saturated rings. The second-order valence-corrected chi connectivity index (χ2v) is 6.40. The van der Waals surface area contributed by atoms with Gasteiger partial charge in [0.15, 0.2) is 0 Å². The molecule has 104 valence electrons. The zero-order chi connectivity index (χ0) is 13.2. The summed E-state index contributed by atoms with van der Waals surface area (Å²) < 4.78 is 0. The van der Waals surface area contributed by atoms with Gasteiger partial charge < -0.3 is 5.32 Å². The Bertz CT molecular complexity index is 447. The van der Waals surface area contributed by atoms with Crippen molar-refractivity contribution in [3.8, 4) is 0 Å². The molecule has 0 radical (unpaired) electrons. The first kappa shape index (κ1) is 13.1. The minimum absolute atomic E-state index is 0.911. The molecular formula is C17H26N2. The van der Waals surface area contributed by atoms with Crippen molar-refractivity contribution in [2.24, 2.45) is 5.92 Å². The number of benzene rings is 1. The van der Waals surface area contributed by atoms with Gasteiger partial charge in [0.25, 0.3) is 0 Å². The third-order valence-corrected chi connectivity index (χ3v) is 4.76. The first-order valence-corrected chi connectivity index (χ1v) is 7.74. The molecule has 1 N–H and O–H groups in total. The van der Waals surface area contributed by atoms with E-state index in [0.29, 0.717) is 0 Å². The Labute approximate surface area is 117 Å². The van der Waals surface area contributed by atoms with Crippen LogP contribution in [0.3, 0.4) is 0 Å². The van der Waals surface area contributed by atoms with Crippen molar-refractivity contribution in [1.29, 1.82) is 0 Å². The van der Waals surface area contributed by atoms with Crippen molar-refractivity contribution in [2.45, 2.75) is 39.7 Å². The number of nitrogens with one attached hydrogen (secondary N) is 1. The molecule has 2 aliphatic heterocycles. The fraction of sp³-hybridized carbons (Fsp3) is 0.647. The lowest BCUT2D eigenvalue weighted by Gasteiger charge is -2.34. The third kappa shape index (κ3) is 3.01. The molecule has 0 saturated carbocycles. The van der Waals surface area contributed by atoms with E-state index < -0.39 is 0 Å². The Balaban J connectivity index is 1.67. The summed E-state index contributed by atoms with van der Waals surface area (Å²) in [7, 11) is 0. The van der Waals surface area contributed by atoms with Gasteiger partial charge in [0, 0.05) is 19.6 Å². The average molecular weight is 258 g/mol.